The third-order valence-corrected chi connectivity index (χ3v) is 3.05. The highest BCUT2D eigenvalue weighted by molar-refractivity contribution is 6.32. The number of aryl methyl sites for hydroxylation is 1. The summed E-state index contributed by atoms with van der Waals surface area (Å²) < 4.78 is 7.08. The van der Waals surface area contributed by atoms with Gasteiger partial charge in [0.05, 0.1) is 18.7 Å². The Balaban J connectivity index is 2.04. The summed E-state index contributed by atoms with van der Waals surface area (Å²) in [6.45, 7) is 3.61. The van der Waals surface area contributed by atoms with Crippen LogP contribution >= 0.6 is 11.6 Å². The summed E-state index contributed by atoms with van der Waals surface area (Å²) in [5, 5.41) is 8.07. The Morgan fingerprint density at radius 3 is 3.00 bits per heavy atom. The molecule has 0 aliphatic carbocycles. The van der Waals surface area contributed by atoms with Gasteiger partial charge in [0, 0.05) is 18.3 Å². The first-order valence-electron chi connectivity index (χ1n) is 6.18. The number of benzene rings is 1. The number of methoxy groups -OCH3 is 1. The molecule has 19 heavy (non-hydrogen) atoms. The molecule has 0 spiro atoms. The number of nitrogens with one attached hydrogen (secondary N) is 1. The van der Waals surface area contributed by atoms with E-state index in [0.717, 1.165) is 24.5 Å². The van der Waals surface area contributed by atoms with Crippen molar-refractivity contribution in [1.82, 2.24) is 14.8 Å². The number of rotatable bonds is 6. The zero-order valence-electron chi connectivity index (χ0n) is 11.1. The smallest absolute Gasteiger partial charge is 0.146 e. The lowest BCUT2D eigenvalue weighted by Gasteiger charge is -2.09. The van der Waals surface area contributed by atoms with Crippen molar-refractivity contribution >= 4 is 17.3 Å². The third-order valence-electron chi connectivity index (χ3n) is 2.73. The molecular weight excluding hydrogens is 264 g/mol. The van der Waals surface area contributed by atoms with Gasteiger partial charge in [-0.15, -0.1) is 0 Å². The van der Waals surface area contributed by atoms with E-state index in [1.54, 1.807) is 19.5 Å². The monoisotopic (exact) mass is 280 g/mol. The van der Waals surface area contributed by atoms with Crippen LogP contribution in [0.3, 0.4) is 0 Å². The Labute approximate surface area is 117 Å². The lowest BCUT2D eigenvalue weighted by Crippen LogP contribution is -2.10. The topological polar surface area (TPSA) is 52.0 Å². The molecule has 2 rings (SSSR count). The van der Waals surface area contributed by atoms with Crippen LogP contribution in [0.25, 0.3) is 0 Å². The van der Waals surface area contributed by atoms with Gasteiger partial charge in [-0.2, -0.15) is 5.10 Å². The minimum atomic E-state index is 0.599. The van der Waals surface area contributed by atoms with E-state index >= 15 is 0 Å². The van der Waals surface area contributed by atoms with Crippen LogP contribution in [-0.4, -0.2) is 21.9 Å². The highest BCUT2D eigenvalue weighted by Gasteiger charge is 2.05. The van der Waals surface area contributed by atoms with Crippen LogP contribution in [0.4, 0.5) is 5.69 Å². The van der Waals surface area contributed by atoms with E-state index in [-0.39, 0.29) is 0 Å². The first-order valence-corrected chi connectivity index (χ1v) is 6.56. The van der Waals surface area contributed by atoms with Crippen molar-refractivity contribution in [2.45, 2.75) is 26.4 Å². The van der Waals surface area contributed by atoms with Gasteiger partial charge in [0.15, 0.2) is 0 Å². The summed E-state index contributed by atoms with van der Waals surface area (Å²) in [4.78, 5) is 4.24. The lowest BCUT2D eigenvalue weighted by molar-refractivity contribution is 0.415. The molecular formula is C13H17ClN4O. The van der Waals surface area contributed by atoms with Crippen LogP contribution in [0.15, 0.2) is 24.5 Å². The van der Waals surface area contributed by atoms with E-state index in [0.29, 0.717) is 17.3 Å². The molecule has 0 aliphatic heterocycles. The Morgan fingerprint density at radius 1 is 1.42 bits per heavy atom. The van der Waals surface area contributed by atoms with Crippen LogP contribution in [0.5, 0.6) is 5.75 Å². The first-order chi connectivity index (χ1) is 9.24. The fraction of sp³-hybridized carbons (Fsp3) is 0.385. The van der Waals surface area contributed by atoms with Crippen molar-refractivity contribution in [3.8, 4) is 5.75 Å². The largest absolute Gasteiger partial charge is 0.495 e. The minimum absolute atomic E-state index is 0.599. The predicted octanol–water partition coefficient (Wildman–Crippen LogP) is 2.96. The summed E-state index contributed by atoms with van der Waals surface area (Å²) in [6, 6.07) is 5.58. The Kier molecular flexibility index (Phi) is 4.63. The summed E-state index contributed by atoms with van der Waals surface area (Å²) in [7, 11) is 1.60. The molecule has 0 atom stereocenters. The number of aromatic nitrogens is 3. The molecule has 0 unspecified atom stereocenters. The predicted molar refractivity (Wildman–Crippen MR) is 75.6 cm³/mol. The number of hydrogen-bond donors (Lipinski definition) is 1. The van der Waals surface area contributed by atoms with Crippen molar-refractivity contribution in [2.75, 3.05) is 12.4 Å². The summed E-state index contributed by atoms with van der Waals surface area (Å²) in [5.74, 6) is 1.57. The average Bonchev–Trinajstić information content (AvgIpc) is 2.86. The number of ether oxygens (including phenoxy) is 1. The molecule has 1 N–H and O–H groups in total. The van der Waals surface area contributed by atoms with E-state index < -0.39 is 0 Å². The highest BCUT2D eigenvalue weighted by atomic mass is 35.5. The fourth-order valence-electron chi connectivity index (χ4n) is 1.77. The van der Waals surface area contributed by atoms with E-state index in [9.17, 15) is 0 Å². The van der Waals surface area contributed by atoms with Gasteiger partial charge in [-0.05, 0) is 18.6 Å². The standard InChI is InChI=1S/C13H17ClN4O/c1-3-6-18-13(16-9-17-18)8-15-10-4-5-11(14)12(7-10)19-2/h4-5,7,9,15H,3,6,8H2,1-2H3. The molecule has 0 bridgehead atoms. The van der Waals surface area contributed by atoms with Gasteiger partial charge in [-0.3, -0.25) is 0 Å². The van der Waals surface area contributed by atoms with Crippen LogP contribution in [0, 0.1) is 0 Å². The molecule has 5 nitrogen and oxygen atoms in total. The molecule has 1 aromatic carbocycles. The summed E-state index contributed by atoms with van der Waals surface area (Å²) >= 11 is 5.98. The number of nitrogens with zero attached hydrogens (tertiary/aromatic N) is 3. The first kappa shape index (κ1) is 13.7. The average molecular weight is 281 g/mol. The summed E-state index contributed by atoms with van der Waals surface area (Å²) in [6.07, 6.45) is 2.61. The van der Waals surface area contributed by atoms with Crippen molar-refractivity contribution in [3.05, 3.63) is 35.4 Å². The van der Waals surface area contributed by atoms with Crippen molar-refractivity contribution in [1.29, 1.82) is 0 Å². The second-order valence-corrected chi connectivity index (χ2v) is 4.51. The molecule has 0 aliphatic rings. The maximum atomic E-state index is 5.98. The quantitative estimate of drug-likeness (QED) is 0.884. The second kappa shape index (κ2) is 6.43. The van der Waals surface area contributed by atoms with Crippen molar-refractivity contribution in [2.24, 2.45) is 0 Å². The van der Waals surface area contributed by atoms with Gasteiger partial charge in [0.1, 0.15) is 17.9 Å². The van der Waals surface area contributed by atoms with E-state index in [2.05, 4.69) is 22.3 Å². The Morgan fingerprint density at radius 2 is 2.26 bits per heavy atom. The molecule has 102 valence electrons. The number of halogens is 1. The Hall–Kier alpha value is -1.75. The van der Waals surface area contributed by atoms with Crippen molar-refractivity contribution < 1.29 is 4.74 Å². The van der Waals surface area contributed by atoms with E-state index in [4.69, 9.17) is 16.3 Å². The second-order valence-electron chi connectivity index (χ2n) is 4.10. The molecule has 0 fully saturated rings. The van der Waals surface area contributed by atoms with Gasteiger partial charge < -0.3 is 10.1 Å². The molecule has 1 aromatic heterocycles. The zero-order valence-corrected chi connectivity index (χ0v) is 11.8. The van der Waals surface area contributed by atoms with Gasteiger partial charge in [0.2, 0.25) is 0 Å². The molecule has 0 radical (unpaired) electrons. The molecule has 0 amide bonds. The van der Waals surface area contributed by atoms with E-state index in [1.165, 1.54) is 0 Å². The van der Waals surface area contributed by atoms with Crippen LogP contribution in [0.2, 0.25) is 5.02 Å². The SMILES string of the molecule is CCCn1ncnc1CNc1ccc(Cl)c(OC)c1. The zero-order chi connectivity index (χ0) is 13.7. The molecule has 6 heteroatoms. The Bertz CT molecular complexity index is 541. The molecule has 0 saturated heterocycles. The molecule has 2 aromatic rings. The van der Waals surface area contributed by atoms with Gasteiger partial charge in [-0.25, -0.2) is 9.67 Å². The van der Waals surface area contributed by atoms with Gasteiger partial charge >= 0.3 is 0 Å². The maximum absolute atomic E-state index is 5.98. The van der Waals surface area contributed by atoms with Gasteiger partial charge in [0.25, 0.3) is 0 Å². The van der Waals surface area contributed by atoms with E-state index in [1.807, 2.05) is 16.8 Å². The minimum Gasteiger partial charge on any atom is -0.495 e. The molecule has 1 heterocycles. The number of hydrogen-bond acceptors (Lipinski definition) is 4. The lowest BCUT2D eigenvalue weighted by atomic mass is 10.3. The van der Waals surface area contributed by atoms with Crippen molar-refractivity contribution in [3.63, 3.8) is 0 Å². The fourth-order valence-corrected chi connectivity index (χ4v) is 1.97. The summed E-state index contributed by atoms with van der Waals surface area (Å²) in [5.41, 5.74) is 0.937. The highest BCUT2D eigenvalue weighted by Crippen LogP contribution is 2.27. The van der Waals surface area contributed by atoms with Gasteiger partial charge in [-0.1, -0.05) is 18.5 Å². The van der Waals surface area contributed by atoms with Crippen LogP contribution in [-0.2, 0) is 13.1 Å². The van der Waals surface area contributed by atoms with Crippen LogP contribution in [0.1, 0.15) is 19.2 Å². The number of anilines is 1. The normalized spacial score (nSPS) is 10.5. The van der Waals surface area contributed by atoms with Crippen LogP contribution < -0.4 is 10.1 Å². The third kappa shape index (κ3) is 3.38. The maximum Gasteiger partial charge on any atom is 0.146 e. The molecule has 0 saturated carbocycles.